The molecular weight excluding hydrogens is 184 g/mol. The van der Waals surface area contributed by atoms with Crippen LogP contribution in [-0.2, 0) is 0 Å². The van der Waals surface area contributed by atoms with Crippen LogP contribution in [0, 0.1) is 17.8 Å². The molecule has 1 unspecified atom stereocenters. The molecule has 15 heavy (non-hydrogen) atoms. The zero-order valence-electron chi connectivity index (χ0n) is 10.7. The maximum atomic E-state index is 5.84. The number of nitrogens with two attached hydrogens (primary N) is 1. The third kappa shape index (κ3) is 4.98. The standard InChI is InChI=1S/C13H28N2/c1-11(2)8-13(9-14)10-15-6-4-12(3)5-7-15/h11-13H,4-10,14H2,1-3H3. The summed E-state index contributed by atoms with van der Waals surface area (Å²) in [6.45, 7) is 11.6. The number of piperidine rings is 1. The fourth-order valence-electron chi connectivity index (χ4n) is 2.52. The molecule has 0 saturated carbocycles. The average molecular weight is 212 g/mol. The van der Waals surface area contributed by atoms with E-state index in [0.717, 1.165) is 18.4 Å². The van der Waals surface area contributed by atoms with Crippen LogP contribution in [0.1, 0.15) is 40.0 Å². The molecule has 0 bridgehead atoms. The topological polar surface area (TPSA) is 29.3 Å². The van der Waals surface area contributed by atoms with E-state index in [0.29, 0.717) is 5.92 Å². The Balaban J connectivity index is 2.25. The smallest absolute Gasteiger partial charge is 0.00218 e. The molecule has 0 aromatic carbocycles. The van der Waals surface area contributed by atoms with Gasteiger partial charge >= 0.3 is 0 Å². The maximum Gasteiger partial charge on any atom is 0.00218 e. The third-order valence-electron chi connectivity index (χ3n) is 3.53. The van der Waals surface area contributed by atoms with Crippen LogP contribution in [0.15, 0.2) is 0 Å². The molecular formula is C13H28N2. The van der Waals surface area contributed by atoms with Gasteiger partial charge in [-0.15, -0.1) is 0 Å². The second kappa shape index (κ2) is 6.49. The van der Waals surface area contributed by atoms with Gasteiger partial charge in [0.2, 0.25) is 0 Å². The highest BCUT2D eigenvalue weighted by Crippen LogP contribution is 2.19. The van der Waals surface area contributed by atoms with Gasteiger partial charge in [0.25, 0.3) is 0 Å². The normalized spacial score (nSPS) is 22.2. The summed E-state index contributed by atoms with van der Waals surface area (Å²) in [7, 11) is 0. The fourth-order valence-corrected chi connectivity index (χ4v) is 2.52. The molecule has 0 radical (unpaired) electrons. The lowest BCUT2D eigenvalue weighted by molar-refractivity contribution is 0.160. The van der Waals surface area contributed by atoms with Gasteiger partial charge in [0.05, 0.1) is 0 Å². The summed E-state index contributed by atoms with van der Waals surface area (Å²) in [6.07, 6.45) is 4.03. The lowest BCUT2D eigenvalue weighted by atomic mass is 9.94. The Morgan fingerprint density at radius 1 is 1.27 bits per heavy atom. The van der Waals surface area contributed by atoms with E-state index in [-0.39, 0.29) is 0 Å². The Morgan fingerprint density at radius 3 is 2.33 bits per heavy atom. The molecule has 2 heteroatoms. The van der Waals surface area contributed by atoms with Crippen LogP contribution >= 0.6 is 0 Å². The molecule has 0 aliphatic carbocycles. The van der Waals surface area contributed by atoms with Crippen LogP contribution in [0.25, 0.3) is 0 Å². The van der Waals surface area contributed by atoms with Crippen LogP contribution in [0.5, 0.6) is 0 Å². The summed E-state index contributed by atoms with van der Waals surface area (Å²) in [5.41, 5.74) is 5.84. The predicted octanol–water partition coefficient (Wildman–Crippen LogP) is 2.34. The molecule has 1 fully saturated rings. The molecule has 1 rings (SSSR count). The van der Waals surface area contributed by atoms with Gasteiger partial charge in [0, 0.05) is 6.54 Å². The van der Waals surface area contributed by atoms with Crippen molar-refractivity contribution >= 4 is 0 Å². The van der Waals surface area contributed by atoms with E-state index < -0.39 is 0 Å². The minimum atomic E-state index is 0.707. The minimum Gasteiger partial charge on any atom is -0.330 e. The first kappa shape index (κ1) is 13.0. The predicted molar refractivity (Wildman–Crippen MR) is 66.8 cm³/mol. The molecule has 1 aliphatic rings. The van der Waals surface area contributed by atoms with E-state index >= 15 is 0 Å². The molecule has 0 aromatic rings. The van der Waals surface area contributed by atoms with Crippen LogP contribution < -0.4 is 5.73 Å². The van der Waals surface area contributed by atoms with Gasteiger partial charge in [-0.25, -0.2) is 0 Å². The van der Waals surface area contributed by atoms with Crippen LogP contribution in [0.4, 0.5) is 0 Å². The Bertz CT molecular complexity index is 160. The Labute approximate surface area is 95.2 Å². The molecule has 1 saturated heterocycles. The molecule has 2 N–H and O–H groups in total. The van der Waals surface area contributed by atoms with E-state index in [4.69, 9.17) is 5.73 Å². The van der Waals surface area contributed by atoms with E-state index in [1.807, 2.05) is 0 Å². The Kier molecular flexibility index (Phi) is 5.62. The Hall–Kier alpha value is -0.0800. The highest BCUT2D eigenvalue weighted by atomic mass is 15.1. The first-order chi connectivity index (χ1) is 7.11. The van der Waals surface area contributed by atoms with Crippen molar-refractivity contribution in [3.05, 3.63) is 0 Å². The van der Waals surface area contributed by atoms with Crippen molar-refractivity contribution in [1.29, 1.82) is 0 Å². The highest BCUT2D eigenvalue weighted by Gasteiger charge is 2.19. The summed E-state index contributed by atoms with van der Waals surface area (Å²) in [6, 6.07) is 0. The molecule has 0 spiro atoms. The average Bonchev–Trinajstić information content (AvgIpc) is 2.19. The van der Waals surface area contributed by atoms with E-state index in [1.165, 1.54) is 38.9 Å². The van der Waals surface area contributed by atoms with Crippen molar-refractivity contribution in [2.75, 3.05) is 26.2 Å². The lowest BCUT2D eigenvalue weighted by Crippen LogP contribution is -2.38. The number of hydrogen-bond donors (Lipinski definition) is 1. The van der Waals surface area contributed by atoms with Gasteiger partial charge in [-0.3, -0.25) is 0 Å². The summed E-state index contributed by atoms with van der Waals surface area (Å²) in [5.74, 6) is 2.42. The molecule has 90 valence electrons. The van der Waals surface area contributed by atoms with Crippen molar-refractivity contribution in [1.82, 2.24) is 4.90 Å². The summed E-state index contributed by atoms with van der Waals surface area (Å²) < 4.78 is 0. The van der Waals surface area contributed by atoms with Crippen LogP contribution in [0.2, 0.25) is 0 Å². The number of likely N-dealkylation sites (tertiary alicyclic amines) is 1. The fraction of sp³-hybridized carbons (Fsp3) is 1.00. The number of hydrogen-bond acceptors (Lipinski definition) is 2. The van der Waals surface area contributed by atoms with Gasteiger partial charge in [-0.1, -0.05) is 20.8 Å². The highest BCUT2D eigenvalue weighted by molar-refractivity contribution is 4.73. The molecule has 0 amide bonds. The van der Waals surface area contributed by atoms with E-state index in [1.54, 1.807) is 0 Å². The van der Waals surface area contributed by atoms with Crippen LogP contribution in [-0.4, -0.2) is 31.1 Å². The minimum absolute atomic E-state index is 0.707. The third-order valence-corrected chi connectivity index (χ3v) is 3.53. The zero-order chi connectivity index (χ0) is 11.3. The SMILES string of the molecule is CC(C)CC(CN)CN1CCC(C)CC1. The largest absolute Gasteiger partial charge is 0.330 e. The van der Waals surface area contributed by atoms with Gasteiger partial charge in [-0.05, 0) is 56.7 Å². The second-order valence-electron chi connectivity index (χ2n) is 5.71. The van der Waals surface area contributed by atoms with Gasteiger partial charge < -0.3 is 10.6 Å². The van der Waals surface area contributed by atoms with Crippen molar-refractivity contribution in [2.45, 2.75) is 40.0 Å². The van der Waals surface area contributed by atoms with Crippen molar-refractivity contribution in [3.63, 3.8) is 0 Å². The van der Waals surface area contributed by atoms with E-state index in [9.17, 15) is 0 Å². The number of rotatable bonds is 5. The number of nitrogens with zero attached hydrogens (tertiary/aromatic N) is 1. The monoisotopic (exact) mass is 212 g/mol. The molecule has 1 aliphatic heterocycles. The van der Waals surface area contributed by atoms with Crippen LogP contribution in [0.3, 0.4) is 0 Å². The van der Waals surface area contributed by atoms with Gasteiger partial charge in [-0.2, -0.15) is 0 Å². The molecule has 1 heterocycles. The molecule has 2 nitrogen and oxygen atoms in total. The van der Waals surface area contributed by atoms with Gasteiger partial charge in [0.1, 0.15) is 0 Å². The van der Waals surface area contributed by atoms with Crippen molar-refractivity contribution in [3.8, 4) is 0 Å². The maximum absolute atomic E-state index is 5.84. The molecule has 0 aromatic heterocycles. The Morgan fingerprint density at radius 2 is 1.87 bits per heavy atom. The summed E-state index contributed by atoms with van der Waals surface area (Å²) in [4.78, 5) is 2.61. The summed E-state index contributed by atoms with van der Waals surface area (Å²) >= 11 is 0. The second-order valence-corrected chi connectivity index (χ2v) is 5.71. The van der Waals surface area contributed by atoms with Crippen molar-refractivity contribution < 1.29 is 0 Å². The van der Waals surface area contributed by atoms with Gasteiger partial charge in [0.15, 0.2) is 0 Å². The first-order valence-corrected chi connectivity index (χ1v) is 6.54. The lowest BCUT2D eigenvalue weighted by Gasteiger charge is -2.33. The van der Waals surface area contributed by atoms with E-state index in [2.05, 4.69) is 25.7 Å². The first-order valence-electron chi connectivity index (χ1n) is 6.54. The summed E-state index contributed by atoms with van der Waals surface area (Å²) in [5, 5.41) is 0. The quantitative estimate of drug-likeness (QED) is 0.758. The molecule has 1 atom stereocenters. The van der Waals surface area contributed by atoms with Crippen molar-refractivity contribution in [2.24, 2.45) is 23.5 Å². The zero-order valence-corrected chi connectivity index (χ0v) is 10.7.